The van der Waals surface area contributed by atoms with Gasteiger partial charge in [-0.15, -0.1) is 0 Å². The van der Waals surface area contributed by atoms with Crippen LogP contribution in [0.25, 0.3) is 0 Å². The molecule has 190 valence electrons. The molecule has 2 aromatic carbocycles. The number of anilines is 1. The number of amides is 1. The average Bonchev–Trinajstić information content (AvgIpc) is 2.84. The number of unbranched alkanes of at least 4 members (excludes halogenated alkanes) is 1. The molecule has 0 fully saturated rings. The summed E-state index contributed by atoms with van der Waals surface area (Å²) < 4.78 is 17.9. The first-order valence-corrected chi connectivity index (χ1v) is 12.1. The fourth-order valence-corrected chi connectivity index (χ4v) is 3.42. The van der Waals surface area contributed by atoms with E-state index in [0.29, 0.717) is 44.2 Å². The third-order valence-corrected chi connectivity index (χ3v) is 5.52. The second-order valence-electron chi connectivity index (χ2n) is 8.17. The Kier molecular flexibility index (Phi) is 11.8. The Hall–Kier alpha value is -3.32. The van der Waals surface area contributed by atoms with Crippen LogP contribution in [-0.2, 0) is 20.7 Å². The van der Waals surface area contributed by atoms with Crippen LogP contribution in [0.3, 0.4) is 0 Å². The smallest absolute Gasteiger partial charge is 0.327 e. The minimum atomic E-state index is -0.979. The molecule has 0 aromatic heterocycles. The van der Waals surface area contributed by atoms with E-state index in [1.165, 1.54) is 6.92 Å². The van der Waals surface area contributed by atoms with Crippen LogP contribution in [0.5, 0.6) is 11.5 Å². The van der Waals surface area contributed by atoms with E-state index < -0.39 is 5.97 Å². The van der Waals surface area contributed by atoms with Crippen molar-refractivity contribution in [3.8, 4) is 11.5 Å². The first kappa shape index (κ1) is 27.9. The van der Waals surface area contributed by atoms with Crippen LogP contribution in [-0.4, -0.2) is 43.9 Å². The van der Waals surface area contributed by atoms with Gasteiger partial charge in [0.05, 0.1) is 19.3 Å². The van der Waals surface area contributed by atoms with Gasteiger partial charge >= 0.3 is 5.97 Å². The van der Waals surface area contributed by atoms with E-state index in [2.05, 4.69) is 6.92 Å². The maximum absolute atomic E-state index is 11.5. The monoisotopic (exact) mass is 483 g/mol. The number of hydrogen-bond donors (Lipinski definition) is 1. The fourth-order valence-electron chi connectivity index (χ4n) is 3.42. The summed E-state index contributed by atoms with van der Waals surface area (Å²) >= 11 is 0. The number of carboxylic acids is 1. The van der Waals surface area contributed by atoms with Crippen molar-refractivity contribution in [1.29, 1.82) is 0 Å². The quantitative estimate of drug-likeness (QED) is 0.263. The van der Waals surface area contributed by atoms with Crippen LogP contribution in [0.15, 0.2) is 54.6 Å². The third-order valence-electron chi connectivity index (χ3n) is 5.52. The number of benzene rings is 2. The summed E-state index contributed by atoms with van der Waals surface area (Å²) in [7, 11) is 1.75. The van der Waals surface area contributed by atoms with Gasteiger partial charge in [0.1, 0.15) is 0 Å². The van der Waals surface area contributed by atoms with E-state index in [1.54, 1.807) is 18.0 Å². The molecular weight excluding hydrogens is 446 g/mol. The van der Waals surface area contributed by atoms with Crippen LogP contribution in [0.2, 0.25) is 0 Å². The van der Waals surface area contributed by atoms with Crippen molar-refractivity contribution in [2.45, 2.75) is 52.6 Å². The van der Waals surface area contributed by atoms with Crippen LogP contribution in [0, 0.1) is 0 Å². The summed E-state index contributed by atoms with van der Waals surface area (Å²) in [4.78, 5) is 23.9. The van der Waals surface area contributed by atoms with Crippen LogP contribution in [0.4, 0.5) is 5.69 Å². The molecule has 0 aliphatic carbocycles. The number of carboxylic acid groups (broad SMARTS) is 1. The summed E-state index contributed by atoms with van der Waals surface area (Å²) in [5.74, 6) is 0.327. The molecule has 0 spiro atoms. The lowest BCUT2D eigenvalue weighted by atomic mass is 10.1. The molecule has 35 heavy (non-hydrogen) atoms. The normalized spacial score (nSPS) is 11.9. The van der Waals surface area contributed by atoms with E-state index in [4.69, 9.17) is 19.3 Å². The highest BCUT2D eigenvalue weighted by molar-refractivity contribution is 5.90. The topological polar surface area (TPSA) is 85.3 Å². The van der Waals surface area contributed by atoms with Gasteiger partial charge in [0.2, 0.25) is 5.91 Å². The highest BCUT2D eigenvalue weighted by atomic mass is 16.5. The predicted molar refractivity (Wildman–Crippen MR) is 137 cm³/mol. The first-order valence-electron chi connectivity index (χ1n) is 12.1. The second kappa shape index (κ2) is 14.8. The molecular formula is C28H37NO6. The van der Waals surface area contributed by atoms with E-state index in [9.17, 15) is 9.59 Å². The number of aliphatic carboxylic acids is 1. The number of ether oxygens (including phenoxy) is 3. The van der Waals surface area contributed by atoms with Crippen molar-refractivity contribution in [2.75, 3.05) is 31.8 Å². The van der Waals surface area contributed by atoms with Gasteiger partial charge < -0.3 is 24.2 Å². The van der Waals surface area contributed by atoms with Gasteiger partial charge in [-0.2, -0.15) is 0 Å². The zero-order valence-electron chi connectivity index (χ0n) is 21.2. The fraction of sp³-hybridized carbons (Fsp3) is 0.429. The van der Waals surface area contributed by atoms with Gasteiger partial charge in [-0.25, -0.2) is 4.79 Å². The van der Waals surface area contributed by atoms with E-state index in [-0.39, 0.29) is 12.0 Å². The maximum atomic E-state index is 11.5. The van der Waals surface area contributed by atoms with Crippen LogP contribution < -0.4 is 14.4 Å². The molecule has 1 atom stereocenters. The van der Waals surface area contributed by atoms with Crippen molar-refractivity contribution < 1.29 is 28.9 Å². The van der Waals surface area contributed by atoms with Gasteiger partial charge in [-0.3, -0.25) is 4.79 Å². The molecule has 0 bridgehead atoms. The zero-order chi connectivity index (χ0) is 25.6. The minimum absolute atomic E-state index is 0.00961. The van der Waals surface area contributed by atoms with E-state index in [0.717, 1.165) is 35.7 Å². The summed E-state index contributed by atoms with van der Waals surface area (Å²) in [5, 5.41) is 8.87. The number of carbonyl (C=O) groups excluding carboxylic acids is 1. The molecule has 0 aliphatic heterocycles. The Balaban J connectivity index is 2.10. The Morgan fingerprint density at radius 3 is 2.37 bits per heavy atom. The number of rotatable bonds is 15. The lowest BCUT2D eigenvalue weighted by Crippen LogP contribution is -2.22. The van der Waals surface area contributed by atoms with Gasteiger partial charge in [-0.1, -0.05) is 37.6 Å². The molecule has 1 amide bonds. The SMILES string of the molecule is CCCCOc1cc(C(CC=CC(=O)O)OCC)ccc1OCCc1ccc(N(C)C(C)=O)cc1. The summed E-state index contributed by atoms with van der Waals surface area (Å²) in [6, 6.07) is 13.6. The Labute approximate surface area is 208 Å². The Morgan fingerprint density at radius 1 is 1.03 bits per heavy atom. The molecule has 2 aromatic rings. The van der Waals surface area contributed by atoms with E-state index >= 15 is 0 Å². The van der Waals surface area contributed by atoms with Gasteiger partial charge in [-0.05, 0) is 55.2 Å². The molecule has 0 aliphatic rings. The van der Waals surface area contributed by atoms with Crippen molar-refractivity contribution in [2.24, 2.45) is 0 Å². The lowest BCUT2D eigenvalue weighted by molar-refractivity contribution is -0.131. The first-order chi connectivity index (χ1) is 16.8. The predicted octanol–water partition coefficient (Wildman–Crippen LogP) is 5.58. The second-order valence-corrected chi connectivity index (χ2v) is 8.17. The third kappa shape index (κ3) is 9.45. The molecule has 0 radical (unpaired) electrons. The number of hydrogen-bond acceptors (Lipinski definition) is 5. The van der Waals surface area contributed by atoms with Crippen molar-refractivity contribution in [3.63, 3.8) is 0 Å². The van der Waals surface area contributed by atoms with Crippen LogP contribution >= 0.6 is 0 Å². The molecule has 2 rings (SSSR count). The standard InChI is InChI=1S/C28H37NO6/c1-5-7-18-34-27-20-23(25(33-6-2)9-8-10-28(31)32)13-16-26(27)35-19-17-22-11-14-24(15-12-22)29(4)21(3)30/h8,10-16,20,25H,5-7,9,17-19H2,1-4H3,(H,31,32). The van der Waals surface area contributed by atoms with Crippen molar-refractivity contribution in [3.05, 3.63) is 65.7 Å². The summed E-state index contributed by atoms with van der Waals surface area (Å²) in [5.41, 5.74) is 2.87. The highest BCUT2D eigenvalue weighted by Gasteiger charge is 2.15. The summed E-state index contributed by atoms with van der Waals surface area (Å²) in [6.45, 7) is 7.12. The average molecular weight is 484 g/mol. The summed E-state index contributed by atoms with van der Waals surface area (Å²) in [6.07, 6.45) is 5.57. The molecule has 0 heterocycles. The zero-order valence-corrected chi connectivity index (χ0v) is 21.2. The maximum Gasteiger partial charge on any atom is 0.327 e. The molecule has 0 saturated carbocycles. The van der Waals surface area contributed by atoms with Gasteiger partial charge in [0.25, 0.3) is 0 Å². The molecule has 0 saturated heterocycles. The largest absolute Gasteiger partial charge is 0.490 e. The molecule has 7 heteroatoms. The molecule has 1 unspecified atom stereocenters. The molecule has 1 N–H and O–H groups in total. The number of carbonyl (C=O) groups is 2. The highest BCUT2D eigenvalue weighted by Crippen LogP contribution is 2.33. The Bertz CT molecular complexity index is 970. The van der Waals surface area contributed by atoms with Gasteiger partial charge in [0.15, 0.2) is 11.5 Å². The van der Waals surface area contributed by atoms with Gasteiger partial charge in [0, 0.05) is 38.8 Å². The minimum Gasteiger partial charge on any atom is -0.490 e. The number of nitrogens with zero attached hydrogens (tertiary/aromatic N) is 1. The van der Waals surface area contributed by atoms with Crippen molar-refractivity contribution in [1.82, 2.24) is 0 Å². The molecule has 7 nitrogen and oxygen atoms in total. The van der Waals surface area contributed by atoms with Crippen LogP contribution in [0.1, 0.15) is 57.3 Å². The van der Waals surface area contributed by atoms with Crippen molar-refractivity contribution >= 4 is 17.6 Å². The Morgan fingerprint density at radius 2 is 1.74 bits per heavy atom. The lowest BCUT2D eigenvalue weighted by Gasteiger charge is -2.19. The van der Waals surface area contributed by atoms with E-state index in [1.807, 2.05) is 49.4 Å².